The Morgan fingerprint density at radius 3 is 2.56 bits per heavy atom. The Morgan fingerprint density at radius 2 is 1.92 bits per heavy atom. The van der Waals surface area contributed by atoms with E-state index in [1.165, 1.54) is 0 Å². The van der Waals surface area contributed by atoms with Gasteiger partial charge >= 0.3 is 0 Å². The van der Waals surface area contributed by atoms with Gasteiger partial charge in [0.05, 0.1) is 16.9 Å². The molecular weight excluding hydrogens is 314 g/mol. The van der Waals surface area contributed by atoms with Crippen molar-refractivity contribution in [2.75, 3.05) is 6.54 Å². The van der Waals surface area contributed by atoms with Gasteiger partial charge in [-0.05, 0) is 37.8 Å². The van der Waals surface area contributed by atoms with Crippen LogP contribution >= 0.6 is 0 Å². The average molecular weight is 343 g/mol. The van der Waals surface area contributed by atoms with Crippen molar-refractivity contribution in [3.8, 4) is 0 Å². The molecule has 1 aromatic carbocycles. The van der Waals surface area contributed by atoms with Crippen molar-refractivity contribution in [3.63, 3.8) is 0 Å². The molecule has 1 unspecified atom stereocenters. The Balaban J connectivity index is 2.45. The quantitative estimate of drug-likeness (QED) is 0.771. The van der Waals surface area contributed by atoms with E-state index in [1.54, 1.807) is 17.7 Å². The molecule has 5 heteroatoms. The van der Waals surface area contributed by atoms with Crippen LogP contribution in [-0.4, -0.2) is 26.9 Å². The molecular formula is C20H29N3O2. The number of fused-ring (bicyclic) bond motifs is 1. The normalized spacial score (nSPS) is 12.6. The van der Waals surface area contributed by atoms with Crippen molar-refractivity contribution >= 4 is 16.8 Å². The number of carbonyl (C=O) groups is 1. The fourth-order valence-electron chi connectivity index (χ4n) is 3.04. The zero-order chi connectivity index (χ0) is 18.6. The van der Waals surface area contributed by atoms with Crippen LogP contribution in [0.1, 0.15) is 58.8 Å². The van der Waals surface area contributed by atoms with E-state index in [4.69, 9.17) is 4.98 Å². The monoisotopic (exact) mass is 343 g/mol. The van der Waals surface area contributed by atoms with Crippen molar-refractivity contribution < 1.29 is 4.79 Å². The number of benzene rings is 1. The van der Waals surface area contributed by atoms with E-state index in [0.717, 1.165) is 12.8 Å². The molecule has 1 amide bonds. The molecule has 0 N–H and O–H groups in total. The van der Waals surface area contributed by atoms with E-state index in [1.807, 2.05) is 36.9 Å². The highest BCUT2D eigenvalue weighted by molar-refractivity contribution is 5.78. The van der Waals surface area contributed by atoms with E-state index in [2.05, 4.69) is 13.8 Å². The van der Waals surface area contributed by atoms with Crippen LogP contribution in [0.25, 0.3) is 10.9 Å². The Morgan fingerprint density at radius 1 is 1.24 bits per heavy atom. The highest BCUT2D eigenvalue weighted by Gasteiger charge is 2.24. The van der Waals surface area contributed by atoms with Crippen LogP contribution < -0.4 is 5.56 Å². The summed E-state index contributed by atoms with van der Waals surface area (Å²) in [5.41, 5.74) is 0.610. The summed E-state index contributed by atoms with van der Waals surface area (Å²) in [6, 6.07) is 7.12. The third-order valence-corrected chi connectivity index (χ3v) is 4.59. The zero-order valence-electron chi connectivity index (χ0n) is 16.0. The second kappa shape index (κ2) is 8.28. The maximum atomic E-state index is 12.7. The van der Waals surface area contributed by atoms with Crippen molar-refractivity contribution in [1.29, 1.82) is 0 Å². The molecule has 2 aromatic rings. The molecule has 2 rings (SSSR count). The van der Waals surface area contributed by atoms with Gasteiger partial charge in [0.1, 0.15) is 5.82 Å². The molecule has 0 saturated carbocycles. The predicted octanol–water partition coefficient (Wildman–Crippen LogP) is 3.67. The number of amides is 1. The number of nitrogens with zero attached hydrogens (tertiary/aromatic N) is 3. The van der Waals surface area contributed by atoms with Crippen molar-refractivity contribution in [2.45, 2.75) is 53.0 Å². The van der Waals surface area contributed by atoms with Gasteiger partial charge < -0.3 is 4.90 Å². The lowest BCUT2D eigenvalue weighted by Crippen LogP contribution is -2.38. The van der Waals surface area contributed by atoms with Crippen LogP contribution in [-0.2, 0) is 11.8 Å². The number of rotatable bonds is 7. The van der Waals surface area contributed by atoms with Crippen molar-refractivity contribution in [3.05, 3.63) is 40.4 Å². The summed E-state index contributed by atoms with van der Waals surface area (Å²) in [4.78, 5) is 31.9. The summed E-state index contributed by atoms with van der Waals surface area (Å²) < 4.78 is 1.58. The number of carbonyl (C=O) groups excluding carboxylic acids is 1. The summed E-state index contributed by atoms with van der Waals surface area (Å²) in [5, 5.41) is 0.606. The van der Waals surface area contributed by atoms with Crippen molar-refractivity contribution in [1.82, 2.24) is 14.5 Å². The minimum absolute atomic E-state index is 0.0702. The smallest absolute Gasteiger partial charge is 0.261 e. The second-order valence-corrected chi connectivity index (χ2v) is 7.05. The van der Waals surface area contributed by atoms with Gasteiger partial charge in [-0.1, -0.05) is 32.9 Å². The van der Waals surface area contributed by atoms with E-state index >= 15 is 0 Å². The molecule has 0 aliphatic rings. The number of hydrogen-bond acceptors (Lipinski definition) is 3. The van der Waals surface area contributed by atoms with Crippen LogP contribution in [0.2, 0.25) is 0 Å². The van der Waals surface area contributed by atoms with Gasteiger partial charge in [-0.25, -0.2) is 4.98 Å². The van der Waals surface area contributed by atoms with Crippen LogP contribution in [0.15, 0.2) is 29.1 Å². The summed E-state index contributed by atoms with van der Waals surface area (Å²) in [7, 11) is 1.73. The van der Waals surface area contributed by atoms with E-state index in [9.17, 15) is 9.59 Å². The van der Waals surface area contributed by atoms with Crippen LogP contribution in [0.5, 0.6) is 0 Å². The number of aromatic nitrogens is 2. The summed E-state index contributed by atoms with van der Waals surface area (Å²) >= 11 is 0. The van der Waals surface area contributed by atoms with Crippen LogP contribution in [0, 0.1) is 5.92 Å². The van der Waals surface area contributed by atoms with Gasteiger partial charge in [-0.2, -0.15) is 0 Å². The SMILES string of the molecule is CCCC(=O)N(CCC(C)C)C(C)c1nc2ccccc2c(=O)n1C. The maximum Gasteiger partial charge on any atom is 0.261 e. The predicted molar refractivity (Wildman–Crippen MR) is 101 cm³/mol. The molecule has 136 valence electrons. The standard InChI is InChI=1S/C20H29N3O2/c1-6-9-18(24)23(13-12-14(2)3)15(4)19-21-17-11-8-7-10-16(17)20(25)22(19)5/h7-8,10-11,14-15H,6,9,12-13H2,1-5H3. The molecule has 1 aromatic heterocycles. The first-order chi connectivity index (χ1) is 11.9. The molecule has 0 bridgehead atoms. The van der Waals surface area contributed by atoms with Gasteiger partial charge in [0, 0.05) is 20.0 Å². The lowest BCUT2D eigenvalue weighted by Gasteiger charge is -2.30. The first-order valence-electron chi connectivity index (χ1n) is 9.11. The Kier molecular flexibility index (Phi) is 6.34. The lowest BCUT2D eigenvalue weighted by molar-refractivity contribution is -0.133. The molecule has 1 atom stereocenters. The molecule has 1 heterocycles. The third-order valence-electron chi connectivity index (χ3n) is 4.59. The van der Waals surface area contributed by atoms with Gasteiger partial charge in [-0.3, -0.25) is 14.2 Å². The number of hydrogen-bond donors (Lipinski definition) is 0. The van der Waals surface area contributed by atoms with Gasteiger partial charge in [-0.15, -0.1) is 0 Å². The van der Waals surface area contributed by atoms with E-state index in [0.29, 0.717) is 35.6 Å². The van der Waals surface area contributed by atoms with Crippen LogP contribution in [0.3, 0.4) is 0 Å². The fraction of sp³-hybridized carbons (Fsp3) is 0.550. The molecule has 0 saturated heterocycles. The average Bonchev–Trinajstić information content (AvgIpc) is 2.58. The molecule has 0 spiro atoms. The van der Waals surface area contributed by atoms with Gasteiger partial charge in [0.15, 0.2) is 0 Å². The second-order valence-electron chi connectivity index (χ2n) is 7.05. The maximum absolute atomic E-state index is 12.7. The lowest BCUT2D eigenvalue weighted by atomic mass is 10.1. The molecule has 0 aliphatic heterocycles. The largest absolute Gasteiger partial charge is 0.333 e. The fourth-order valence-corrected chi connectivity index (χ4v) is 3.04. The van der Waals surface area contributed by atoms with Gasteiger partial charge in [0.25, 0.3) is 5.56 Å². The van der Waals surface area contributed by atoms with Crippen LogP contribution in [0.4, 0.5) is 0 Å². The van der Waals surface area contributed by atoms with Crippen molar-refractivity contribution in [2.24, 2.45) is 13.0 Å². The summed E-state index contributed by atoms with van der Waals surface area (Å²) in [5.74, 6) is 1.27. The highest BCUT2D eigenvalue weighted by atomic mass is 16.2. The Labute approximate surface area is 149 Å². The Bertz CT molecular complexity index is 795. The third kappa shape index (κ3) is 4.27. The van der Waals surface area contributed by atoms with E-state index in [-0.39, 0.29) is 17.5 Å². The molecule has 25 heavy (non-hydrogen) atoms. The zero-order valence-corrected chi connectivity index (χ0v) is 16.0. The Hall–Kier alpha value is -2.17. The highest BCUT2D eigenvalue weighted by Crippen LogP contribution is 2.21. The molecule has 0 fully saturated rings. The van der Waals surface area contributed by atoms with E-state index < -0.39 is 0 Å². The molecule has 0 aliphatic carbocycles. The topological polar surface area (TPSA) is 55.2 Å². The summed E-state index contributed by atoms with van der Waals surface area (Å²) in [6.07, 6.45) is 2.26. The van der Waals surface area contributed by atoms with Gasteiger partial charge in [0.2, 0.25) is 5.91 Å². The molecule has 0 radical (unpaired) electrons. The minimum atomic E-state index is -0.236. The minimum Gasteiger partial charge on any atom is -0.333 e. The summed E-state index contributed by atoms with van der Waals surface area (Å²) in [6.45, 7) is 8.95. The number of para-hydroxylation sites is 1. The first-order valence-corrected chi connectivity index (χ1v) is 9.11. The molecule has 5 nitrogen and oxygen atoms in total. The first kappa shape index (κ1) is 19.2.